The van der Waals surface area contributed by atoms with Gasteiger partial charge in [0.15, 0.2) is 12.2 Å². The number of hydrogen-bond acceptors (Lipinski definition) is 4. The summed E-state index contributed by atoms with van der Waals surface area (Å²) in [6.45, 7) is 3.60. The smallest absolute Gasteiger partial charge is 0.348 e. The second kappa shape index (κ2) is 9.82. The van der Waals surface area contributed by atoms with E-state index in [9.17, 15) is 9.59 Å². The Balaban J connectivity index is 1.86. The largest absolute Gasteiger partial charge is 0.479 e. The molecule has 6 heteroatoms. The van der Waals surface area contributed by atoms with Crippen LogP contribution >= 0.6 is 11.6 Å². The van der Waals surface area contributed by atoms with Gasteiger partial charge in [-0.3, -0.25) is 4.79 Å². The molecule has 0 aliphatic carbocycles. The molecule has 2 rings (SSSR count). The predicted molar refractivity (Wildman–Crippen MR) is 100 cm³/mol. The minimum absolute atomic E-state index is 0.262. The highest BCUT2D eigenvalue weighted by Gasteiger charge is 2.25. The number of halogens is 1. The number of benzene rings is 2. The SMILES string of the molecule is CC[C@H](Oc1ccccc1)C(=O)O[C@H](C)C(=O)NCc1ccccc1Cl. The van der Waals surface area contributed by atoms with Gasteiger partial charge in [-0.1, -0.05) is 54.9 Å². The van der Waals surface area contributed by atoms with E-state index in [1.54, 1.807) is 18.2 Å². The second-order valence-corrected chi connectivity index (χ2v) is 6.12. The monoisotopic (exact) mass is 375 g/mol. The molecule has 0 saturated carbocycles. The molecule has 0 aliphatic heterocycles. The first-order valence-electron chi connectivity index (χ1n) is 8.44. The fraction of sp³-hybridized carbons (Fsp3) is 0.300. The molecule has 0 spiro atoms. The summed E-state index contributed by atoms with van der Waals surface area (Å²) in [6, 6.07) is 16.2. The van der Waals surface area contributed by atoms with Crippen LogP contribution in [0.5, 0.6) is 5.75 Å². The summed E-state index contributed by atoms with van der Waals surface area (Å²) in [5, 5.41) is 3.28. The molecule has 1 amide bonds. The molecule has 0 unspecified atom stereocenters. The number of amides is 1. The summed E-state index contributed by atoms with van der Waals surface area (Å²) >= 11 is 6.06. The molecule has 0 heterocycles. The number of para-hydroxylation sites is 1. The summed E-state index contributed by atoms with van der Waals surface area (Å²) in [6.07, 6.45) is -1.27. The molecule has 0 saturated heterocycles. The molecule has 0 aliphatic rings. The van der Waals surface area contributed by atoms with Crippen molar-refractivity contribution in [2.45, 2.75) is 39.0 Å². The Hall–Kier alpha value is -2.53. The van der Waals surface area contributed by atoms with Crippen LogP contribution in [0.3, 0.4) is 0 Å². The predicted octanol–water partition coefficient (Wildman–Crippen LogP) is 3.75. The van der Waals surface area contributed by atoms with E-state index in [-0.39, 0.29) is 6.54 Å². The second-order valence-electron chi connectivity index (χ2n) is 5.72. The third-order valence-corrected chi connectivity index (χ3v) is 4.10. The Kier molecular flexibility index (Phi) is 7.48. The van der Waals surface area contributed by atoms with Crippen molar-refractivity contribution in [2.75, 3.05) is 0 Å². The quantitative estimate of drug-likeness (QED) is 0.714. The van der Waals surface area contributed by atoms with Gasteiger partial charge in [0.25, 0.3) is 5.91 Å². The maximum Gasteiger partial charge on any atom is 0.348 e. The van der Waals surface area contributed by atoms with Crippen molar-refractivity contribution in [1.82, 2.24) is 5.32 Å². The highest BCUT2D eigenvalue weighted by Crippen LogP contribution is 2.15. The van der Waals surface area contributed by atoms with E-state index in [0.717, 1.165) is 5.56 Å². The molecule has 2 aromatic rings. The number of carbonyl (C=O) groups excluding carboxylic acids is 2. The highest BCUT2D eigenvalue weighted by atomic mass is 35.5. The molecule has 26 heavy (non-hydrogen) atoms. The number of ether oxygens (including phenoxy) is 2. The summed E-state index contributed by atoms with van der Waals surface area (Å²) in [7, 11) is 0. The molecule has 0 fully saturated rings. The van der Waals surface area contributed by atoms with Crippen LogP contribution in [0.2, 0.25) is 5.02 Å². The lowest BCUT2D eigenvalue weighted by Gasteiger charge is -2.19. The summed E-state index contributed by atoms with van der Waals surface area (Å²) < 4.78 is 10.9. The van der Waals surface area contributed by atoms with Crippen molar-refractivity contribution in [3.05, 3.63) is 65.2 Å². The van der Waals surface area contributed by atoms with Crippen LogP contribution in [-0.4, -0.2) is 24.1 Å². The number of carbonyl (C=O) groups is 2. The van der Waals surface area contributed by atoms with E-state index in [2.05, 4.69) is 5.32 Å². The van der Waals surface area contributed by atoms with Gasteiger partial charge in [-0.05, 0) is 37.1 Å². The van der Waals surface area contributed by atoms with E-state index < -0.39 is 24.1 Å². The standard InChI is InChI=1S/C20H22ClNO4/c1-3-18(26-16-10-5-4-6-11-16)20(24)25-14(2)19(23)22-13-15-9-7-8-12-17(15)21/h4-12,14,18H,3,13H2,1-2H3,(H,22,23)/t14-,18+/m1/s1. The van der Waals surface area contributed by atoms with Gasteiger partial charge in [-0.2, -0.15) is 0 Å². The normalized spacial score (nSPS) is 12.7. The van der Waals surface area contributed by atoms with Gasteiger partial charge in [0.05, 0.1) is 0 Å². The maximum absolute atomic E-state index is 12.3. The fourth-order valence-corrected chi connectivity index (χ4v) is 2.44. The first kappa shape index (κ1) is 19.8. The van der Waals surface area contributed by atoms with Crippen molar-refractivity contribution in [2.24, 2.45) is 0 Å². The average Bonchev–Trinajstić information content (AvgIpc) is 2.65. The van der Waals surface area contributed by atoms with Crippen molar-refractivity contribution in [3.63, 3.8) is 0 Å². The third kappa shape index (κ3) is 5.77. The van der Waals surface area contributed by atoms with Crippen LogP contribution in [0.15, 0.2) is 54.6 Å². The van der Waals surface area contributed by atoms with Crippen LogP contribution < -0.4 is 10.1 Å². The van der Waals surface area contributed by atoms with Gasteiger partial charge in [0.2, 0.25) is 0 Å². The lowest BCUT2D eigenvalue weighted by molar-refractivity contribution is -0.161. The van der Waals surface area contributed by atoms with Crippen LogP contribution in [0.4, 0.5) is 0 Å². The topological polar surface area (TPSA) is 64.6 Å². The van der Waals surface area contributed by atoms with Gasteiger partial charge in [0.1, 0.15) is 5.75 Å². The number of rotatable bonds is 8. The van der Waals surface area contributed by atoms with Crippen molar-refractivity contribution < 1.29 is 19.1 Å². The Bertz CT molecular complexity index is 736. The first-order valence-corrected chi connectivity index (χ1v) is 8.82. The van der Waals surface area contributed by atoms with Crippen molar-refractivity contribution in [3.8, 4) is 5.75 Å². The molecular weight excluding hydrogens is 354 g/mol. The Morgan fingerprint density at radius 3 is 2.38 bits per heavy atom. The fourth-order valence-electron chi connectivity index (χ4n) is 2.23. The van der Waals surface area contributed by atoms with E-state index in [1.807, 2.05) is 43.3 Å². The zero-order valence-corrected chi connectivity index (χ0v) is 15.5. The van der Waals surface area contributed by atoms with E-state index in [1.165, 1.54) is 6.92 Å². The summed E-state index contributed by atoms with van der Waals surface area (Å²) in [4.78, 5) is 24.4. The molecule has 0 bridgehead atoms. The molecule has 0 aromatic heterocycles. The van der Waals surface area contributed by atoms with Gasteiger partial charge in [-0.15, -0.1) is 0 Å². The number of hydrogen-bond donors (Lipinski definition) is 1. The van der Waals surface area contributed by atoms with Crippen LogP contribution in [-0.2, 0) is 20.9 Å². The van der Waals surface area contributed by atoms with Gasteiger partial charge < -0.3 is 14.8 Å². The third-order valence-electron chi connectivity index (χ3n) is 3.73. The molecule has 138 valence electrons. The summed E-state index contributed by atoms with van der Waals surface area (Å²) in [5.41, 5.74) is 0.792. The Morgan fingerprint density at radius 2 is 1.73 bits per heavy atom. The molecule has 2 atom stereocenters. The van der Waals surface area contributed by atoms with Crippen molar-refractivity contribution >= 4 is 23.5 Å². The molecule has 1 N–H and O–H groups in total. The zero-order valence-electron chi connectivity index (χ0n) is 14.8. The van der Waals surface area contributed by atoms with Gasteiger partial charge in [-0.25, -0.2) is 4.79 Å². The lowest BCUT2D eigenvalue weighted by Crippen LogP contribution is -2.39. The van der Waals surface area contributed by atoms with Crippen molar-refractivity contribution in [1.29, 1.82) is 0 Å². The van der Waals surface area contributed by atoms with E-state index >= 15 is 0 Å². The van der Waals surface area contributed by atoms with Gasteiger partial charge >= 0.3 is 5.97 Å². The van der Waals surface area contributed by atoms with E-state index in [0.29, 0.717) is 17.2 Å². The Labute approximate surface area is 158 Å². The minimum Gasteiger partial charge on any atom is -0.479 e. The molecule has 0 radical (unpaired) electrons. The Morgan fingerprint density at radius 1 is 1.08 bits per heavy atom. The zero-order chi connectivity index (χ0) is 18.9. The van der Waals surface area contributed by atoms with Crippen LogP contribution in [0.25, 0.3) is 0 Å². The maximum atomic E-state index is 12.3. The first-order chi connectivity index (χ1) is 12.5. The number of nitrogens with one attached hydrogen (secondary N) is 1. The molecule has 2 aromatic carbocycles. The molecular formula is C20H22ClNO4. The summed E-state index contributed by atoms with van der Waals surface area (Å²) in [5.74, 6) is -0.392. The van der Waals surface area contributed by atoms with Crippen LogP contribution in [0.1, 0.15) is 25.8 Å². The van der Waals surface area contributed by atoms with Crippen LogP contribution in [0, 0.1) is 0 Å². The number of esters is 1. The highest BCUT2D eigenvalue weighted by molar-refractivity contribution is 6.31. The van der Waals surface area contributed by atoms with Gasteiger partial charge in [0, 0.05) is 11.6 Å². The molecule has 5 nitrogen and oxygen atoms in total. The lowest BCUT2D eigenvalue weighted by atomic mass is 10.2. The van der Waals surface area contributed by atoms with E-state index in [4.69, 9.17) is 21.1 Å². The minimum atomic E-state index is -0.932. The average molecular weight is 376 g/mol.